The highest BCUT2D eigenvalue weighted by atomic mass is 32.1. The van der Waals surface area contributed by atoms with Gasteiger partial charge in [-0.05, 0) is 60.4 Å². The highest BCUT2D eigenvalue weighted by molar-refractivity contribution is 7.17. The van der Waals surface area contributed by atoms with Crippen LogP contribution in [0.1, 0.15) is 31.2 Å². The summed E-state index contributed by atoms with van der Waals surface area (Å²) in [5.74, 6) is 0.815. The molecule has 0 spiro atoms. The van der Waals surface area contributed by atoms with Crippen molar-refractivity contribution < 1.29 is 4.74 Å². The van der Waals surface area contributed by atoms with Gasteiger partial charge in [-0.1, -0.05) is 6.08 Å². The topological polar surface area (TPSA) is 42.1 Å². The zero-order valence-electron chi connectivity index (χ0n) is 12.4. The van der Waals surface area contributed by atoms with E-state index in [4.69, 9.17) is 4.74 Å². The van der Waals surface area contributed by atoms with Crippen molar-refractivity contribution in [3.8, 4) is 5.75 Å². The van der Waals surface area contributed by atoms with E-state index in [-0.39, 0.29) is 5.56 Å². The van der Waals surface area contributed by atoms with Gasteiger partial charge in [0.1, 0.15) is 10.4 Å². The Bertz CT molecular complexity index is 949. The maximum atomic E-state index is 12.3. The lowest BCUT2D eigenvalue weighted by Crippen LogP contribution is -2.05. The molecular formula is C18H17NO2S. The highest BCUT2D eigenvalue weighted by Crippen LogP contribution is 2.38. The summed E-state index contributed by atoms with van der Waals surface area (Å²) in [7, 11) is 1.67. The number of hydrogen-bond donors (Lipinski definition) is 1. The van der Waals surface area contributed by atoms with Gasteiger partial charge in [-0.3, -0.25) is 4.79 Å². The van der Waals surface area contributed by atoms with Gasteiger partial charge < -0.3 is 9.72 Å². The molecule has 1 aliphatic rings. The van der Waals surface area contributed by atoms with Crippen LogP contribution in [0, 0.1) is 0 Å². The number of H-pyrrole nitrogens is 1. The monoisotopic (exact) mass is 311 g/mol. The molecule has 0 amide bonds. The van der Waals surface area contributed by atoms with Gasteiger partial charge in [-0.15, -0.1) is 11.3 Å². The number of hydrogen-bond acceptors (Lipinski definition) is 3. The third-order valence-corrected chi connectivity index (χ3v) is 5.36. The molecule has 3 nitrogen and oxygen atoms in total. The number of fused-ring (bicyclic) bond motifs is 3. The Morgan fingerprint density at radius 1 is 1.27 bits per heavy atom. The number of allylic oxidation sites excluding steroid dienone is 2. The summed E-state index contributed by atoms with van der Waals surface area (Å²) < 4.78 is 6.17. The summed E-state index contributed by atoms with van der Waals surface area (Å²) in [6, 6.07) is 5.83. The number of thiophene rings is 1. The summed E-state index contributed by atoms with van der Waals surface area (Å²) in [5, 5.41) is 4.28. The van der Waals surface area contributed by atoms with Crippen LogP contribution in [0.25, 0.3) is 26.6 Å². The molecular weight excluding hydrogens is 294 g/mol. The molecule has 0 bridgehead atoms. The normalized spacial score (nSPS) is 15.2. The molecule has 0 radical (unpaired) electrons. The first-order valence-corrected chi connectivity index (χ1v) is 8.46. The van der Waals surface area contributed by atoms with Gasteiger partial charge in [0, 0.05) is 16.3 Å². The Morgan fingerprint density at radius 3 is 2.95 bits per heavy atom. The summed E-state index contributed by atoms with van der Waals surface area (Å²) in [6.07, 6.45) is 7.06. The Hall–Kier alpha value is -2.07. The van der Waals surface area contributed by atoms with E-state index < -0.39 is 0 Å². The summed E-state index contributed by atoms with van der Waals surface area (Å²) >= 11 is 1.54. The predicted octanol–water partition coefficient (Wildman–Crippen LogP) is 4.71. The number of aromatic nitrogens is 1. The van der Waals surface area contributed by atoms with Gasteiger partial charge in [0.25, 0.3) is 5.56 Å². The molecule has 2 aromatic heterocycles. The van der Waals surface area contributed by atoms with Crippen molar-refractivity contribution in [2.75, 3.05) is 7.11 Å². The Labute approximate surface area is 132 Å². The molecule has 0 saturated heterocycles. The van der Waals surface area contributed by atoms with Crippen molar-refractivity contribution in [3.63, 3.8) is 0 Å². The van der Waals surface area contributed by atoms with Gasteiger partial charge in [-0.2, -0.15) is 0 Å². The molecule has 4 rings (SSSR count). The quantitative estimate of drug-likeness (QED) is 0.745. The molecule has 0 aliphatic heterocycles. The van der Waals surface area contributed by atoms with Crippen LogP contribution in [-0.2, 0) is 0 Å². The molecule has 0 saturated carbocycles. The highest BCUT2D eigenvalue weighted by Gasteiger charge is 2.16. The molecule has 0 atom stereocenters. The van der Waals surface area contributed by atoms with Gasteiger partial charge in [0.05, 0.1) is 7.11 Å². The number of aromatic amines is 1. The lowest BCUT2D eigenvalue weighted by molar-refractivity contribution is 0.415. The smallest absolute Gasteiger partial charge is 0.266 e. The minimum absolute atomic E-state index is 0.000302. The van der Waals surface area contributed by atoms with Crippen LogP contribution in [-0.4, -0.2) is 12.1 Å². The third-order valence-electron chi connectivity index (χ3n) is 4.38. The van der Waals surface area contributed by atoms with E-state index >= 15 is 0 Å². The van der Waals surface area contributed by atoms with Crippen LogP contribution in [0.3, 0.4) is 0 Å². The molecule has 1 aliphatic carbocycles. The van der Waals surface area contributed by atoms with Crippen molar-refractivity contribution in [3.05, 3.63) is 45.6 Å². The van der Waals surface area contributed by atoms with Crippen LogP contribution in [0.15, 0.2) is 34.4 Å². The van der Waals surface area contributed by atoms with Gasteiger partial charge in [0.2, 0.25) is 0 Å². The minimum Gasteiger partial charge on any atom is -0.497 e. The number of nitrogens with one attached hydrogen (secondary N) is 1. The molecule has 2 heterocycles. The maximum Gasteiger partial charge on any atom is 0.266 e. The molecule has 1 aromatic carbocycles. The molecule has 4 heteroatoms. The number of methoxy groups -OCH3 is 1. The first-order valence-electron chi connectivity index (χ1n) is 7.58. The van der Waals surface area contributed by atoms with Gasteiger partial charge >= 0.3 is 0 Å². The van der Waals surface area contributed by atoms with Crippen molar-refractivity contribution in [2.24, 2.45) is 0 Å². The summed E-state index contributed by atoms with van der Waals surface area (Å²) in [4.78, 5) is 15.3. The second kappa shape index (κ2) is 5.29. The van der Waals surface area contributed by atoms with E-state index in [1.807, 2.05) is 18.2 Å². The third kappa shape index (κ3) is 2.06. The average molecular weight is 311 g/mol. The van der Waals surface area contributed by atoms with Crippen LogP contribution in [0.5, 0.6) is 5.75 Å². The van der Waals surface area contributed by atoms with Crippen LogP contribution in [0.2, 0.25) is 0 Å². The predicted molar refractivity (Wildman–Crippen MR) is 92.9 cm³/mol. The maximum absolute atomic E-state index is 12.3. The van der Waals surface area contributed by atoms with Crippen molar-refractivity contribution in [1.29, 1.82) is 0 Å². The molecule has 22 heavy (non-hydrogen) atoms. The lowest BCUT2D eigenvalue weighted by Gasteiger charge is -2.13. The standard InChI is InChI=1S/C18H17NO2S/c1-21-12-7-8-15-13(9-12)16-14(11-5-3-2-4-6-11)10-22-17(16)18(20)19-15/h5,7-10H,2-4,6H2,1H3,(H,19,20). The van der Waals surface area contributed by atoms with Gasteiger partial charge in [0.15, 0.2) is 0 Å². The van der Waals surface area contributed by atoms with Crippen LogP contribution < -0.4 is 10.3 Å². The first kappa shape index (κ1) is 13.6. The van der Waals surface area contributed by atoms with Crippen molar-refractivity contribution >= 4 is 37.9 Å². The second-order valence-corrected chi connectivity index (χ2v) is 6.57. The zero-order chi connectivity index (χ0) is 15.1. The second-order valence-electron chi connectivity index (χ2n) is 5.69. The van der Waals surface area contributed by atoms with E-state index in [0.29, 0.717) is 0 Å². The SMILES string of the molecule is COc1ccc2[nH]c(=O)c3scc(C4=CCCCC4)c3c2c1. The van der Waals surface area contributed by atoms with Crippen molar-refractivity contribution in [2.45, 2.75) is 25.7 Å². The van der Waals surface area contributed by atoms with Crippen LogP contribution >= 0.6 is 11.3 Å². The Morgan fingerprint density at radius 2 is 2.18 bits per heavy atom. The Balaban J connectivity index is 2.10. The largest absolute Gasteiger partial charge is 0.497 e. The zero-order valence-corrected chi connectivity index (χ0v) is 13.3. The molecule has 112 valence electrons. The van der Waals surface area contributed by atoms with E-state index in [0.717, 1.165) is 39.6 Å². The fourth-order valence-corrected chi connectivity index (χ4v) is 4.26. The summed E-state index contributed by atoms with van der Waals surface area (Å²) in [6.45, 7) is 0. The minimum atomic E-state index is 0.000302. The average Bonchev–Trinajstić information content (AvgIpc) is 3.01. The molecule has 0 unspecified atom stereocenters. The van der Waals surface area contributed by atoms with E-state index in [1.165, 1.54) is 35.3 Å². The molecule has 3 aromatic rings. The lowest BCUT2D eigenvalue weighted by atomic mass is 9.92. The van der Waals surface area contributed by atoms with Crippen LogP contribution in [0.4, 0.5) is 0 Å². The van der Waals surface area contributed by atoms with Gasteiger partial charge in [-0.25, -0.2) is 0 Å². The molecule has 0 fully saturated rings. The number of pyridine rings is 1. The Kier molecular flexibility index (Phi) is 3.26. The fraction of sp³-hybridized carbons (Fsp3) is 0.278. The number of benzene rings is 1. The fourth-order valence-electron chi connectivity index (χ4n) is 3.26. The summed E-state index contributed by atoms with van der Waals surface area (Å²) in [5.41, 5.74) is 3.48. The number of rotatable bonds is 2. The van der Waals surface area contributed by atoms with E-state index in [9.17, 15) is 4.79 Å². The van der Waals surface area contributed by atoms with Crippen molar-refractivity contribution in [1.82, 2.24) is 4.98 Å². The number of ether oxygens (including phenoxy) is 1. The van der Waals surface area contributed by atoms with E-state index in [1.54, 1.807) is 7.11 Å². The first-order chi connectivity index (χ1) is 10.8. The van der Waals surface area contributed by atoms with E-state index in [2.05, 4.69) is 16.4 Å². The molecule has 1 N–H and O–H groups in total.